The van der Waals surface area contributed by atoms with Crippen LogP contribution in [0, 0.1) is 0 Å². The molecule has 1 saturated heterocycles. The lowest BCUT2D eigenvalue weighted by Crippen LogP contribution is -2.46. The number of thioether (sulfide) groups is 1. The van der Waals surface area contributed by atoms with Gasteiger partial charge in [-0.15, -0.1) is 11.3 Å². The molecule has 2 nitrogen and oxygen atoms in total. The molecule has 2 aromatic rings. The number of benzene rings is 1. The summed E-state index contributed by atoms with van der Waals surface area (Å²) in [7, 11) is 0. The molecule has 1 saturated carbocycles. The highest BCUT2D eigenvalue weighted by Crippen LogP contribution is 2.44. The fraction of sp³-hybridized carbons (Fsp3) is 0.476. The van der Waals surface area contributed by atoms with E-state index in [1.54, 1.807) is 0 Å². The smallest absolute Gasteiger partial charge is 0.233 e. The van der Waals surface area contributed by atoms with Crippen LogP contribution in [-0.4, -0.2) is 29.6 Å². The summed E-state index contributed by atoms with van der Waals surface area (Å²) in [6.45, 7) is 1.73. The minimum absolute atomic E-state index is 0.335. The molecule has 1 aromatic carbocycles. The first kappa shape index (κ1) is 18.4. The van der Waals surface area contributed by atoms with E-state index >= 15 is 0 Å². The zero-order chi connectivity index (χ0) is 18.0. The summed E-state index contributed by atoms with van der Waals surface area (Å²) in [5.74, 6) is 1.36. The molecule has 0 N–H and O–H groups in total. The van der Waals surface area contributed by atoms with Crippen LogP contribution in [0.4, 0.5) is 0 Å². The Morgan fingerprint density at radius 3 is 2.58 bits per heavy atom. The third-order valence-corrected chi connectivity index (χ3v) is 8.45. The second kappa shape index (κ2) is 7.95. The van der Waals surface area contributed by atoms with Gasteiger partial charge in [0.25, 0.3) is 0 Å². The van der Waals surface area contributed by atoms with Gasteiger partial charge in [0.05, 0.1) is 5.41 Å². The largest absolute Gasteiger partial charge is 0.341 e. The van der Waals surface area contributed by atoms with Crippen molar-refractivity contribution in [1.29, 1.82) is 0 Å². The summed E-state index contributed by atoms with van der Waals surface area (Å²) < 4.78 is 0. The van der Waals surface area contributed by atoms with E-state index in [1.807, 2.05) is 35.2 Å². The van der Waals surface area contributed by atoms with Crippen molar-refractivity contribution in [2.45, 2.75) is 42.8 Å². The molecule has 26 heavy (non-hydrogen) atoms. The molecule has 4 rings (SSSR count). The van der Waals surface area contributed by atoms with E-state index in [0.717, 1.165) is 61.5 Å². The van der Waals surface area contributed by atoms with Gasteiger partial charge in [-0.1, -0.05) is 42.6 Å². The van der Waals surface area contributed by atoms with Crippen LogP contribution in [0.2, 0.25) is 5.02 Å². The number of carbonyl (C=O) groups excluding carboxylic acids is 1. The number of halogens is 1. The summed E-state index contributed by atoms with van der Waals surface area (Å²) >= 11 is 9.92. The third-order valence-electron chi connectivity index (χ3n) is 5.75. The van der Waals surface area contributed by atoms with Crippen molar-refractivity contribution in [2.24, 2.45) is 0 Å². The molecule has 1 aromatic heterocycles. The fourth-order valence-electron chi connectivity index (χ4n) is 4.35. The van der Waals surface area contributed by atoms with Crippen LogP contribution in [0.5, 0.6) is 0 Å². The molecule has 1 amide bonds. The van der Waals surface area contributed by atoms with E-state index in [0.29, 0.717) is 11.2 Å². The van der Waals surface area contributed by atoms with E-state index in [-0.39, 0.29) is 5.41 Å². The Hall–Kier alpha value is -0.970. The number of hydrogen-bond donors (Lipinski definition) is 0. The highest BCUT2D eigenvalue weighted by Gasteiger charge is 2.45. The highest BCUT2D eigenvalue weighted by atomic mass is 35.5. The Kier molecular flexibility index (Phi) is 5.63. The van der Waals surface area contributed by atoms with Gasteiger partial charge in [-0.25, -0.2) is 0 Å². The van der Waals surface area contributed by atoms with Gasteiger partial charge >= 0.3 is 0 Å². The lowest BCUT2D eigenvalue weighted by molar-refractivity contribution is -0.137. The first-order chi connectivity index (χ1) is 12.7. The van der Waals surface area contributed by atoms with E-state index in [4.69, 9.17) is 11.6 Å². The Bertz CT molecular complexity index is 738. The topological polar surface area (TPSA) is 20.3 Å². The van der Waals surface area contributed by atoms with Gasteiger partial charge in [-0.2, -0.15) is 11.8 Å². The molecule has 2 fully saturated rings. The lowest BCUT2D eigenvalue weighted by atomic mass is 9.77. The summed E-state index contributed by atoms with van der Waals surface area (Å²) in [4.78, 5) is 17.2. The van der Waals surface area contributed by atoms with Crippen molar-refractivity contribution in [2.75, 3.05) is 18.8 Å². The van der Waals surface area contributed by atoms with Crippen LogP contribution < -0.4 is 0 Å². The second-order valence-electron chi connectivity index (χ2n) is 7.25. The molecule has 0 bridgehead atoms. The van der Waals surface area contributed by atoms with Gasteiger partial charge in [0, 0.05) is 34.0 Å². The van der Waals surface area contributed by atoms with Crippen LogP contribution in [-0.2, 0) is 10.2 Å². The van der Waals surface area contributed by atoms with Gasteiger partial charge in [0.1, 0.15) is 0 Å². The van der Waals surface area contributed by atoms with Crippen molar-refractivity contribution in [1.82, 2.24) is 4.90 Å². The minimum atomic E-state index is -0.335. The predicted octanol–water partition coefficient (Wildman–Crippen LogP) is 5.92. The average molecular weight is 406 g/mol. The minimum Gasteiger partial charge on any atom is -0.341 e. The summed E-state index contributed by atoms with van der Waals surface area (Å²) in [5, 5.41) is 3.42. The van der Waals surface area contributed by atoms with E-state index in [1.165, 1.54) is 4.88 Å². The molecule has 0 spiro atoms. The van der Waals surface area contributed by atoms with Crippen LogP contribution in [0.3, 0.4) is 0 Å². The molecule has 0 radical (unpaired) electrons. The molecule has 138 valence electrons. The fourth-order valence-corrected chi connectivity index (χ4v) is 6.71. The van der Waals surface area contributed by atoms with Gasteiger partial charge in [-0.3, -0.25) is 4.79 Å². The van der Waals surface area contributed by atoms with Gasteiger partial charge < -0.3 is 4.90 Å². The maximum Gasteiger partial charge on any atom is 0.233 e. The maximum atomic E-state index is 13.6. The van der Waals surface area contributed by atoms with Crippen LogP contribution in [0.15, 0.2) is 41.8 Å². The number of thiophene rings is 1. The lowest BCUT2D eigenvalue weighted by Gasteiger charge is -2.34. The van der Waals surface area contributed by atoms with Gasteiger partial charge in [-0.05, 0) is 48.4 Å². The van der Waals surface area contributed by atoms with Crippen LogP contribution >= 0.6 is 34.7 Å². The van der Waals surface area contributed by atoms with Gasteiger partial charge in [0.2, 0.25) is 5.91 Å². The first-order valence-electron chi connectivity index (χ1n) is 9.39. The molecule has 2 aliphatic rings. The summed E-state index contributed by atoms with van der Waals surface area (Å²) in [6.07, 6.45) is 5.24. The predicted molar refractivity (Wildman–Crippen MR) is 112 cm³/mol. The Morgan fingerprint density at radius 2 is 1.88 bits per heavy atom. The molecular weight excluding hydrogens is 382 g/mol. The molecule has 1 aliphatic carbocycles. The highest BCUT2D eigenvalue weighted by molar-refractivity contribution is 7.99. The van der Waals surface area contributed by atoms with Crippen molar-refractivity contribution < 1.29 is 4.79 Å². The normalized spacial score (nSPS) is 23.0. The zero-order valence-electron chi connectivity index (χ0n) is 14.8. The van der Waals surface area contributed by atoms with Crippen molar-refractivity contribution in [3.8, 4) is 0 Å². The van der Waals surface area contributed by atoms with Crippen molar-refractivity contribution in [3.63, 3.8) is 0 Å². The first-order valence-corrected chi connectivity index (χ1v) is 11.7. The molecule has 2 heterocycles. The standard InChI is InChI=1S/C21H24ClNOS2/c22-17-7-5-16(6-8-17)21(10-1-2-11-21)20(24)23-12-9-19(26-15-13-23)18-4-3-14-25-18/h3-8,14,19H,1-2,9-13,15H2. The molecular formula is C21H24ClNOS2. The number of rotatable bonds is 3. The second-order valence-corrected chi connectivity index (χ2v) is 9.98. The van der Waals surface area contributed by atoms with Crippen molar-refractivity contribution >= 4 is 40.6 Å². The number of amides is 1. The Morgan fingerprint density at radius 1 is 1.12 bits per heavy atom. The van der Waals surface area contributed by atoms with E-state index in [9.17, 15) is 4.79 Å². The SMILES string of the molecule is O=C(N1CCSC(c2cccs2)CC1)C1(c2ccc(Cl)cc2)CCCC1. The average Bonchev–Trinajstić information content (AvgIpc) is 3.31. The van der Waals surface area contributed by atoms with E-state index in [2.05, 4.69) is 34.5 Å². The molecule has 1 unspecified atom stereocenters. The number of nitrogens with zero attached hydrogens (tertiary/aromatic N) is 1. The summed E-state index contributed by atoms with van der Waals surface area (Å²) in [5.41, 5.74) is 0.814. The van der Waals surface area contributed by atoms with Gasteiger partial charge in [0.15, 0.2) is 0 Å². The zero-order valence-corrected chi connectivity index (χ0v) is 17.2. The molecule has 1 aliphatic heterocycles. The Labute approximate surface area is 168 Å². The molecule has 5 heteroatoms. The number of carbonyl (C=O) groups is 1. The number of hydrogen-bond acceptors (Lipinski definition) is 3. The van der Waals surface area contributed by atoms with Crippen molar-refractivity contribution in [3.05, 3.63) is 57.2 Å². The van der Waals surface area contributed by atoms with E-state index < -0.39 is 0 Å². The third kappa shape index (κ3) is 3.56. The quantitative estimate of drug-likeness (QED) is 0.631. The summed E-state index contributed by atoms with van der Waals surface area (Å²) in [6, 6.07) is 12.3. The van der Waals surface area contributed by atoms with Crippen LogP contribution in [0.1, 0.15) is 47.8 Å². The molecule has 1 atom stereocenters. The monoisotopic (exact) mass is 405 g/mol. The van der Waals surface area contributed by atoms with Crippen LogP contribution in [0.25, 0.3) is 0 Å². The Balaban J connectivity index is 1.54. The maximum absolute atomic E-state index is 13.6.